The normalized spacial score (nSPS) is 11.5. The first-order chi connectivity index (χ1) is 13.8. The molecule has 1 amide bonds. The molecule has 0 spiro atoms. The lowest BCUT2D eigenvalue weighted by Gasteiger charge is -2.16. The summed E-state index contributed by atoms with van der Waals surface area (Å²) in [7, 11) is 1.48. The molecule has 0 bridgehead atoms. The van der Waals surface area contributed by atoms with E-state index in [1.165, 1.54) is 7.11 Å². The number of amides is 1. The second-order valence-corrected chi connectivity index (χ2v) is 6.13. The van der Waals surface area contributed by atoms with E-state index in [2.05, 4.69) is 6.58 Å². The van der Waals surface area contributed by atoms with Gasteiger partial charge in [0.25, 0.3) is 17.2 Å². The average molecular weight is 403 g/mol. The Kier molecular flexibility index (Phi) is 7.10. The highest BCUT2D eigenvalue weighted by Gasteiger charge is 2.19. The third-order valence-electron chi connectivity index (χ3n) is 3.99. The average Bonchev–Trinajstić information content (AvgIpc) is 2.68. The van der Waals surface area contributed by atoms with E-state index in [1.807, 2.05) is 6.07 Å². The number of aromatic nitrogens is 1. The molecule has 0 radical (unpaired) electrons. The van der Waals surface area contributed by atoms with Crippen LogP contribution >= 0.6 is 0 Å². The standard InChI is InChI=1S/C19H21N3O7/c1-3-4-12-5-6-16(17(7-12)28-2)29-11-14(23)10-21-9-13(22(26)27)8-15(18(20)24)19(21)25/h3,5-9,14,23H,1,4,10-11H2,2H3,(H2,20,24). The summed E-state index contributed by atoms with van der Waals surface area (Å²) in [5, 5.41) is 21.2. The van der Waals surface area contributed by atoms with Crippen LogP contribution in [0.15, 0.2) is 47.9 Å². The molecular weight excluding hydrogens is 382 g/mol. The maximum Gasteiger partial charge on any atom is 0.286 e. The Labute approximate surface area is 165 Å². The second-order valence-electron chi connectivity index (χ2n) is 6.13. The molecule has 0 saturated heterocycles. The number of allylic oxidation sites excluding steroid dienone is 1. The van der Waals surface area contributed by atoms with Crippen LogP contribution in [0.25, 0.3) is 0 Å². The van der Waals surface area contributed by atoms with Crippen LogP contribution in [0.4, 0.5) is 5.69 Å². The third kappa shape index (κ3) is 5.42. The topological polar surface area (TPSA) is 147 Å². The molecule has 1 aromatic carbocycles. The fourth-order valence-corrected chi connectivity index (χ4v) is 2.62. The number of nitrogens with two attached hydrogens (primary N) is 1. The molecule has 29 heavy (non-hydrogen) atoms. The molecule has 10 heteroatoms. The Hall–Kier alpha value is -3.66. The third-order valence-corrected chi connectivity index (χ3v) is 3.99. The summed E-state index contributed by atoms with van der Waals surface area (Å²) in [6.07, 6.45) is 2.13. The summed E-state index contributed by atoms with van der Waals surface area (Å²) in [6, 6.07) is 6.07. The number of pyridine rings is 1. The smallest absolute Gasteiger partial charge is 0.286 e. The number of aliphatic hydroxyl groups is 1. The molecule has 1 unspecified atom stereocenters. The quantitative estimate of drug-likeness (QED) is 0.342. The number of nitro groups is 1. The SMILES string of the molecule is C=CCc1ccc(OCC(O)Cn2cc([N+](=O)[O-])cc(C(N)=O)c2=O)c(OC)c1. The first-order valence-electron chi connectivity index (χ1n) is 8.54. The predicted molar refractivity (Wildman–Crippen MR) is 104 cm³/mol. The number of primary amides is 1. The van der Waals surface area contributed by atoms with Crippen molar-refractivity contribution in [2.75, 3.05) is 13.7 Å². The number of methoxy groups -OCH3 is 1. The van der Waals surface area contributed by atoms with Crippen LogP contribution in [0.5, 0.6) is 11.5 Å². The number of carbonyl (C=O) groups excluding carboxylic acids is 1. The van der Waals surface area contributed by atoms with Crippen LogP contribution in [-0.2, 0) is 13.0 Å². The van der Waals surface area contributed by atoms with Crippen LogP contribution in [0.2, 0.25) is 0 Å². The highest BCUT2D eigenvalue weighted by Crippen LogP contribution is 2.28. The Morgan fingerprint density at radius 2 is 2.14 bits per heavy atom. The molecule has 0 fully saturated rings. The van der Waals surface area contributed by atoms with E-state index in [0.717, 1.165) is 22.4 Å². The Morgan fingerprint density at radius 1 is 1.41 bits per heavy atom. The molecule has 0 aliphatic carbocycles. The van der Waals surface area contributed by atoms with E-state index in [9.17, 15) is 24.8 Å². The van der Waals surface area contributed by atoms with Gasteiger partial charge in [0, 0.05) is 6.07 Å². The van der Waals surface area contributed by atoms with Crippen molar-refractivity contribution in [3.63, 3.8) is 0 Å². The highest BCUT2D eigenvalue weighted by atomic mass is 16.6. The first-order valence-corrected chi connectivity index (χ1v) is 8.54. The monoisotopic (exact) mass is 403 g/mol. The van der Waals surface area contributed by atoms with Gasteiger partial charge in [0.05, 0.1) is 24.8 Å². The van der Waals surface area contributed by atoms with Gasteiger partial charge in [0.1, 0.15) is 18.3 Å². The van der Waals surface area contributed by atoms with Crippen LogP contribution in [0, 0.1) is 10.1 Å². The fraction of sp³-hybridized carbons (Fsp3) is 0.263. The predicted octanol–water partition coefficient (Wildman–Crippen LogP) is 1.03. The van der Waals surface area contributed by atoms with Gasteiger partial charge in [-0.25, -0.2) is 0 Å². The molecule has 2 rings (SSSR count). The number of aliphatic hydroxyl groups excluding tert-OH is 1. The number of hydrogen-bond donors (Lipinski definition) is 2. The zero-order valence-electron chi connectivity index (χ0n) is 15.7. The van der Waals surface area contributed by atoms with E-state index >= 15 is 0 Å². The van der Waals surface area contributed by atoms with Crippen molar-refractivity contribution >= 4 is 11.6 Å². The van der Waals surface area contributed by atoms with Gasteiger partial charge in [-0.3, -0.25) is 19.7 Å². The van der Waals surface area contributed by atoms with Crippen LogP contribution in [-0.4, -0.2) is 40.3 Å². The number of hydrogen-bond acceptors (Lipinski definition) is 7. The van der Waals surface area contributed by atoms with Crippen molar-refractivity contribution < 1.29 is 24.3 Å². The van der Waals surface area contributed by atoms with Gasteiger partial charge in [-0.1, -0.05) is 12.1 Å². The van der Waals surface area contributed by atoms with Crippen LogP contribution < -0.4 is 20.8 Å². The van der Waals surface area contributed by atoms with Crippen LogP contribution in [0.1, 0.15) is 15.9 Å². The summed E-state index contributed by atoms with van der Waals surface area (Å²) in [4.78, 5) is 33.9. The summed E-state index contributed by atoms with van der Waals surface area (Å²) in [5.74, 6) is -0.258. The van der Waals surface area contributed by atoms with Crippen LogP contribution in [0.3, 0.4) is 0 Å². The number of benzene rings is 1. The highest BCUT2D eigenvalue weighted by molar-refractivity contribution is 5.92. The van der Waals surface area contributed by atoms with Gasteiger partial charge < -0.3 is 24.9 Å². The lowest BCUT2D eigenvalue weighted by molar-refractivity contribution is -0.385. The maximum atomic E-state index is 12.3. The minimum absolute atomic E-state index is 0.224. The maximum absolute atomic E-state index is 12.3. The van der Waals surface area contributed by atoms with E-state index in [1.54, 1.807) is 18.2 Å². The van der Waals surface area contributed by atoms with Crippen molar-refractivity contribution in [1.29, 1.82) is 0 Å². The summed E-state index contributed by atoms with van der Waals surface area (Å²) in [6.45, 7) is 3.11. The zero-order chi connectivity index (χ0) is 21.6. The van der Waals surface area contributed by atoms with Gasteiger partial charge in [-0.05, 0) is 24.1 Å². The molecule has 3 N–H and O–H groups in total. The first kappa shape index (κ1) is 21.6. The van der Waals surface area contributed by atoms with Crippen molar-refractivity contribution in [2.24, 2.45) is 5.73 Å². The lowest BCUT2D eigenvalue weighted by Crippen LogP contribution is -2.34. The summed E-state index contributed by atoms with van der Waals surface area (Å²) >= 11 is 0. The van der Waals surface area contributed by atoms with Crippen molar-refractivity contribution in [3.8, 4) is 11.5 Å². The van der Waals surface area contributed by atoms with E-state index in [-0.39, 0.29) is 13.2 Å². The minimum Gasteiger partial charge on any atom is -0.493 e. The summed E-state index contributed by atoms with van der Waals surface area (Å²) in [5.41, 5.74) is 4.20. The molecular formula is C19H21N3O7. The van der Waals surface area contributed by atoms with Gasteiger partial charge >= 0.3 is 0 Å². The van der Waals surface area contributed by atoms with Gasteiger partial charge in [-0.2, -0.15) is 0 Å². The molecule has 154 valence electrons. The van der Waals surface area contributed by atoms with E-state index in [0.29, 0.717) is 17.9 Å². The van der Waals surface area contributed by atoms with Crippen molar-refractivity contribution in [2.45, 2.75) is 19.1 Å². The molecule has 10 nitrogen and oxygen atoms in total. The van der Waals surface area contributed by atoms with Gasteiger partial charge in [0.2, 0.25) is 0 Å². The number of nitrogens with zero attached hydrogens (tertiary/aromatic N) is 2. The lowest BCUT2D eigenvalue weighted by atomic mass is 10.1. The van der Waals surface area contributed by atoms with E-state index < -0.39 is 33.7 Å². The largest absolute Gasteiger partial charge is 0.493 e. The number of carbonyl (C=O) groups is 1. The molecule has 1 atom stereocenters. The Balaban J connectivity index is 2.16. The van der Waals surface area contributed by atoms with Crippen molar-refractivity contribution in [1.82, 2.24) is 4.57 Å². The zero-order valence-corrected chi connectivity index (χ0v) is 15.7. The molecule has 0 aliphatic rings. The number of rotatable bonds is 10. The van der Waals surface area contributed by atoms with E-state index in [4.69, 9.17) is 15.2 Å². The summed E-state index contributed by atoms with van der Waals surface area (Å²) < 4.78 is 11.7. The Morgan fingerprint density at radius 3 is 2.72 bits per heavy atom. The fourth-order valence-electron chi connectivity index (χ4n) is 2.62. The minimum atomic E-state index is -1.20. The molecule has 0 saturated carbocycles. The number of ether oxygens (including phenoxy) is 2. The molecule has 1 aromatic heterocycles. The van der Waals surface area contributed by atoms with Crippen molar-refractivity contribution in [3.05, 3.63) is 74.7 Å². The molecule has 1 heterocycles. The second kappa shape index (κ2) is 9.51. The molecule has 0 aliphatic heterocycles. The van der Waals surface area contributed by atoms with Gasteiger partial charge in [-0.15, -0.1) is 6.58 Å². The molecule has 2 aromatic rings. The van der Waals surface area contributed by atoms with Gasteiger partial charge in [0.15, 0.2) is 11.5 Å². The Bertz CT molecular complexity index is 984.